The fourth-order valence-corrected chi connectivity index (χ4v) is 2.94. The summed E-state index contributed by atoms with van der Waals surface area (Å²) in [5.74, 6) is 0.412. The first-order chi connectivity index (χ1) is 8.63. The van der Waals surface area contributed by atoms with Gasteiger partial charge >= 0.3 is 0 Å². The Balaban J connectivity index is 1.99. The van der Waals surface area contributed by atoms with Crippen LogP contribution in [0.1, 0.15) is 32.6 Å². The first kappa shape index (κ1) is 13.3. The van der Waals surface area contributed by atoms with Crippen LogP contribution in [0.2, 0.25) is 0 Å². The monoisotopic (exact) mass is 253 g/mol. The molecule has 2 fully saturated rings. The van der Waals surface area contributed by atoms with Crippen molar-refractivity contribution >= 4 is 11.8 Å². The number of carbonyl (C=O) groups is 2. The summed E-state index contributed by atoms with van der Waals surface area (Å²) < 4.78 is 0. The van der Waals surface area contributed by atoms with Crippen LogP contribution in [-0.2, 0) is 9.59 Å². The smallest absolute Gasteiger partial charge is 0.240 e. The number of likely N-dealkylation sites (N-methyl/N-ethyl adjacent to an activating group) is 2. The molecule has 18 heavy (non-hydrogen) atoms. The quantitative estimate of drug-likeness (QED) is 0.782. The molecule has 0 aliphatic carbocycles. The van der Waals surface area contributed by atoms with Gasteiger partial charge in [-0.1, -0.05) is 6.92 Å². The van der Waals surface area contributed by atoms with Crippen LogP contribution >= 0.6 is 0 Å². The summed E-state index contributed by atoms with van der Waals surface area (Å²) >= 11 is 0. The summed E-state index contributed by atoms with van der Waals surface area (Å²) in [6, 6.07) is 0.188. The lowest BCUT2D eigenvalue weighted by Crippen LogP contribution is -2.58. The van der Waals surface area contributed by atoms with Crippen molar-refractivity contribution in [1.29, 1.82) is 0 Å². The van der Waals surface area contributed by atoms with E-state index in [4.69, 9.17) is 0 Å². The number of likely N-dealkylation sites (tertiary alicyclic amines) is 2. The number of piperidine rings is 2. The number of hydrogen-bond acceptors (Lipinski definition) is 3. The molecule has 0 spiro atoms. The predicted octanol–water partition coefficient (Wildman–Crippen LogP) is 0.208. The molecule has 2 heterocycles. The molecule has 0 aromatic rings. The van der Waals surface area contributed by atoms with Gasteiger partial charge in [-0.05, 0) is 25.8 Å². The zero-order valence-electron chi connectivity index (χ0n) is 11.3. The van der Waals surface area contributed by atoms with E-state index < -0.39 is 0 Å². The van der Waals surface area contributed by atoms with Crippen molar-refractivity contribution < 1.29 is 9.59 Å². The van der Waals surface area contributed by atoms with E-state index in [2.05, 4.69) is 5.32 Å². The highest BCUT2D eigenvalue weighted by molar-refractivity contribution is 5.83. The normalized spacial score (nSPS) is 29.9. The summed E-state index contributed by atoms with van der Waals surface area (Å²) in [4.78, 5) is 27.6. The fraction of sp³-hybridized carbons (Fsp3) is 0.846. The van der Waals surface area contributed by atoms with Gasteiger partial charge in [0, 0.05) is 32.6 Å². The molecule has 2 unspecified atom stereocenters. The number of amides is 2. The van der Waals surface area contributed by atoms with E-state index in [1.54, 1.807) is 4.90 Å². The van der Waals surface area contributed by atoms with Gasteiger partial charge in [0.1, 0.15) is 0 Å². The maximum atomic E-state index is 12.4. The molecule has 2 aliphatic heterocycles. The number of nitrogens with zero attached hydrogens (tertiary/aromatic N) is 2. The molecule has 102 valence electrons. The van der Waals surface area contributed by atoms with Crippen molar-refractivity contribution in [2.45, 2.75) is 44.7 Å². The topological polar surface area (TPSA) is 52.7 Å². The summed E-state index contributed by atoms with van der Waals surface area (Å²) in [6.07, 6.45) is 3.37. The van der Waals surface area contributed by atoms with Crippen LogP contribution in [0.4, 0.5) is 0 Å². The van der Waals surface area contributed by atoms with Crippen molar-refractivity contribution in [3.05, 3.63) is 0 Å². The van der Waals surface area contributed by atoms with Crippen LogP contribution in [0, 0.1) is 0 Å². The molecular formula is C13H23N3O2. The van der Waals surface area contributed by atoms with Gasteiger partial charge in [-0.3, -0.25) is 9.59 Å². The van der Waals surface area contributed by atoms with Crippen LogP contribution in [0.3, 0.4) is 0 Å². The minimum absolute atomic E-state index is 0.0216. The molecule has 5 nitrogen and oxygen atoms in total. The van der Waals surface area contributed by atoms with E-state index in [1.807, 2.05) is 18.9 Å². The second-order valence-electron chi connectivity index (χ2n) is 5.25. The zero-order chi connectivity index (χ0) is 13.1. The average molecular weight is 253 g/mol. The largest absolute Gasteiger partial charge is 0.344 e. The summed E-state index contributed by atoms with van der Waals surface area (Å²) in [5.41, 5.74) is 0. The second-order valence-corrected chi connectivity index (χ2v) is 5.25. The average Bonchev–Trinajstić information content (AvgIpc) is 2.36. The standard InChI is InChI=1S/C13H23N3O2/c1-3-14-11-5-4-8-16(13(11)18)10-6-7-12(17)15(2)9-10/h10-11,14H,3-9H2,1-2H3. The van der Waals surface area contributed by atoms with Gasteiger partial charge < -0.3 is 15.1 Å². The Bertz CT molecular complexity index is 330. The number of carbonyl (C=O) groups excluding carboxylic acids is 2. The highest BCUT2D eigenvalue weighted by Gasteiger charge is 2.35. The Morgan fingerprint density at radius 1 is 1.33 bits per heavy atom. The summed E-state index contributed by atoms with van der Waals surface area (Å²) in [6.45, 7) is 4.38. The maximum Gasteiger partial charge on any atom is 0.240 e. The molecule has 2 atom stereocenters. The molecule has 2 amide bonds. The Labute approximate surface area is 108 Å². The van der Waals surface area contributed by atoms with Crippen LogP contribution < -0.4 is 5.32 Å². The Morgan fingerprint density at radius 3 is 2.78 bits per heavy atom. The first-order valence-corrected chi connectivity index (χ1v) is 6.91. The Morgan fingerprint density at radius 2 is 2.11 bits per heavy atom. The highest BCUT2D eigenvalue weighted by Crippen LogP contribution is 2.21. The van der Waals surface area contributed by atoms with Crippen molar-refractivity contribution in [2.75, 3.05) is 26.7 Å². The van der Waals surface area contributed by atoms with E-state index in [0.29, 0.717) is 13.0 Å². The Hall–Kier alpha value is -1.10. The third-order valence-corrected chi connectivity index (χ3v) is 3.97. The predicted molar refractivity (Wildman–Crippen MR) is 69.1 cm³/mol. The van der Waals surface area contributed by atoms with Crippen molar-refractivity contribution in [1.82, 2.24) is 15.1 Å². The van der Waals surface area contributed by atoms with Crippen LogP contribution in [0.15, 0.2) is 0 Å². The third-order valence-electron chi connectivity index (χ3n) is 3.97. The molecule has 1 N–H and O–H groups in total. The molecule has 0 saturated carbocycles. The molecular weight excluding hydrogens is 230 g/mol. The van der Waals surface area contributed by atoms with E-state index in [-0.39, 0.29) is 23.9 Å². The lowest BCUT2D eigenvalue weighted by Gasteiger charge is -2.41. The number of rotatable bonds is 3. The minimum Gasteiger partial charge on any atom is -0.344 e. The van der Waals surface area contributed by atoms with Crippen molar-refractivity contribution in [3.63, 3.8) is 0 Å². The zero-order valence-corrected chi connectivity index (χ0v) is 11.3. The molecule has 2 saturated heterocycles. The SMILES string of the molecule is CCNC1CCCN(C2CCC(=O)N(C)C2)C1=O. The van der Waals surface area contributed by atoms with Gasteiger partial charge in [0.15, 0.2) is 0 Å². The molecule has 0 aromatic carbocycles. The van der Waals surface area contributed by atoms with Crippen LogP contribution in [0.25, 0.3) is 0 Å². The van der Waals surface area contributed by atoms with Crippen LogP contribution in [-0.4, -0.2) is 60.4 Å². The molecule has 2 aliphatic rings. The first-order valence-electron chi connectivity index (χ1n) is 6.91. The molecule has 0 bridgehead atoms. The summed E-state index contributed by atoms with van der Waals surface area (Å²) in [5, 5.41) is 3.25. The molecule has 0 aromatic heterocycles. The van der Waals surface area contributed by atoms with Gasteiger partial charge in [0.05, 0.1) is 6.04 Å². The molecule has 2 rings (SSSR count). The van der Waals surface area contributed by atoms with Gasteiger partial charge in [-0.2, -0.15) is 0 Å². The van der Waals surface area contributed by atoms with Crippen molar-refractivity contribution in [3.8, 4) is 0 Å². The molecule has 5 heteroatoms. The second kappa shape index (κ2) is 5.69. The number of hydrogen-bond donors (Lipinski definition) is 1. The van der Waals surface area contributed by atoms with E-state index in [9.17, 15) is 9.59 Å². The maximum absolute atomic E-state index is 12.4. The van der Waals surface area contributed by atoms with E-state index in [1.165, 1.54) is 0 Å². The Kier molecular flexibility index (Phi) is 4.22. The fourth-order valence-electron chi connectivity index (χ4n) is 2.94. The van der Waals surface area contributed by atoms with Gasteiger partial charge in [0.2, 0.25) is 11.8 Å². The van der Waals surface area contributed by atoms with Gasteiger partial charge in [0.25, 0.3) is 0 Å². The van der Waals surface area contributed by atoms with E-state index in [0.717, 1.165) is 32.4 Å². The lowest BCUT2D eigenvalue weighted by atomic mass is 9.98. The van der Waals surface area contributed by atoms with Gasteiger partial charge in [-0.25, -0.2) is 0 Å². The minimum atomic E-state index is -0.0216. The molecule has 0 radical (unpaired) electrons. The lowest BCUT2D eigenvalue weighted by molar-refractivity contribution is -0.144. The van der Waals surface area contributed by atoms with Crippen LogP contribution in [0.5, 0.6) is 0 Å². The summed E-state index contributed by atoms with van der Waals surface area (Å²) in [7, 11) is 1.82. The number of nitrogens with one attached hydrogen (secondary N) is 1. The van der Waals surface area contributed by atoms with Crippen molar-refractivity contribution in [2.24, 2.45) is 0 Å². The third kappa shape index (κ3) is 2.66. The highest BCUT2D eigenvalue weighted by atomic mass is 16.2. The van der Waals surface area contributed by atoms with E-state index >= 15 is 0 Å². The van der Waals surface area contributed by atoms with Gasteiger partial charge in [-0.15, -0.1) is 0 Å².